The molecule has 1 aliphatic heterocycles. The van der Waals surface area contributed by atoms with Crippen molar-refractivity contribution in [1.82, 2.24) is 24.9 Å². The molecule has 23 heavy (non-hydrogen) atoms. The van der Waals surface area contributed by atoms with Crippen LogP contribution in [0.15, 0.2) is 36.8 Å². The van der Waals surface area contributed by atoms with Gasteiger partial charge in [-0.05, 0) is 31.0 Å². The third-order valence-corrected chi connectivity index (χ3v) is 4.07. The summed E-state index contributed by atoms with van der Waals surface area (Å²) in [6.07, 6.45) is 7.72. The van der Waals surface area contributed by atoms with Gasteiger partial charge in [-0.2, -0.15) is 10.2 Å². The van der Waals surface area contributed by atoms with Crippen molar-refractivity contribution in [2.75, 3.05) is 31.1 Å². The van der Waals surface area contributed by atoms with Crippen LogP contribution >= 0.6 is 0 Å². The normalized spacial score (nSPS) is 15.5. The molecule has 1 aliphatic rings. The molecule has 0 N–H and O–H groups in total. The number of carbonyl (C=O) groups is 1. The maximum atomic E-state index is 12.4. The Kier molecular flexibility index (Phi) is 5.18. The molecule has 2 aromatic heterocycles. The molecule has 1 saturated heterocycles. The van der Waals surface area contributed by atoms with Crippen molar-refractivity contribution in [1.29, 1.82) is 0 Å². The van der Waals surface area contributed by atoms with Gasteiger partial charge in [-0.1, -0.05) is 0 Å². The highest BCUT2D eigenvalue weighted by atomic mass is 16.2. The summed E-state index contributed by atoms with van der Waals surface area (Å²) in [5.74, 6) is 1.12. The highest BCUT2D eigenvalue weighted by molar-refractivity contribution is 5.76. The van der Waals surface area contributed by atoms with Crippen LogP contribution in [0.3, 0.4) is 0 Å². The summed E-state index contributed by atoms with van der Waals surface area (Å²) < 4.78 is 1.87. The van der Waals surface area contributed by atoms with Crippen LogP contribution in [0.1, 0.15) is 19.3 Å². The van der Waals surface area contributed by atoms with Gasteiger partial charge in [0.2, 0.25) is 5.91 Å². The van der Waals surface area contributed by atoms with Gasteiger partial charge in [0.1, 0.15) is 0 Å². The highest BCUT2D eigenvalue weighted by Gasteiger charge is 2.19. The minimum atomic E-state index is 0.234. The first-order valence-corrected chi connectivity index (χ1v) is 8.11. The number of anilines is 1. The molecule has 0 unspecified atom stereocenters. The third-order valence-electron chi connectivity index (χ3n) is 4.07. The standard InChI is InChI=1S/C16H22N6O/c23-16(6-2-11-22-12-3-8-18-22)21-10-4-9-20(13-14-21)15-5-1-7-17-19-15/h1,3,5,7-8,12H,2,4,6,9-11,13-14H2. The zero-order valence-corrected chi connectivity index (χ0v) is 13.2. The molecule has 1 amide bonds. The van der Waals surface area contributed by atoms with Gasteiger partial charge in [-0.15, -0.1) is 5.10 Å². The predicted molar refractivity (Wildman–Crippen MR) is 86.9 cm³/mol. The lowest BCUT2D eigenvalue weighted by molar-refractivity contribution is -0.131. The van der Waals surface area contributed by atoms with Crippen LogP contribution in [0.25, 0.3) is 0 Å². The van der Waals surface area contributed by atoms with Crippen molar-refractivity contribution < 1.29 is 4.79 Å². The number of hydrogen-bond acceptors (Lipinski definition) is 5. The summed E-state index contributed by atoms with van der Waals surface area (Å²) in [6.45, 7) is 4.08. The summed E-state index contributed by atoms with van der Waals surface area (Å²) in [6, 6.07) is 5.76. The zero-order chi connectivity index (χ0) is 15.9. The number of hydrogen-bond donors (Lipinski definition) is 0. The Labute approximate surface area is 135 Å². The lowest BCUT2D eigenvalue weighted by Gasteiger charge is -2.22. The van der Waals surface area contributed by atoms with E-state index in [0.717, 1.165) is 51.4 Å². The van der Waals surface area contributed by atoms with Gasteiger partial charge in [-0.3, -0.25) is 9.48 Å². The van der Waals surface area contributed by atoms with Gasteiger partial charge in [0.15, 0.2) is 5.82 Å². The molecule has 122 valence electrons. The fraction of sp³-hybridized carbons (Fsp3) is 0.500. The highest BCUT2D eigenvalue weighted by Crippen LogP contribution is 2.13. The van der Waals surface area contributed by atoms with Gasteiger partial charge in [-0.25, -0.2) is 0 Å². The monoisotopic (exact) mass is 314 g/mol. The van der Waals surface area contributed by atoms with Crippen LogP contribution in [0.2, 0.25) is 0 Å². The number of aromatic nitrogens is 4. The Morgan fingerprint density at radius 2 is 2.09 bits per heavy atom. The number of amides is 1. The number of carbonyl (C=O) groups excluding carboxylic acids is 1. The second kappa shape index (κ2) is 7.71. The molecule has 1 fully saturated rings. The molecule has 0 radical (unpaired) electrons. The first kappa shape index (κ1) is 15.5. The minimum absolute atomic E-state index is 0.234. The van der Waals surface area contributed by atoms with Crippen molar-refractivity contribution in [2.45, 2.75) is 25.8 Å². The fourth-order valence-corrected chi connectivity index (χ4v) is 2.84. The van der Waals surface area contributed by atoms with Crippen molar-refractivity contribution in [3.63, 3.8) is 0 Å². The van der Waals surface area contributed by atoms with Gasteiger partial charge in [0, 0.05) is 57.7 Å². The molecular weight excluding hydrogens is 292 g/mol. The van der Waals surface area contributed by atoms with Gasteiger partial charge in [0.25, 0.3) is 0 Å². The molecular formula is C16H22N6O. The van der Waals surface area contributed by atoms with Gasteiger partial charge >= 0.3 is 0 Å². The minimum Gasteiger partial charge on any atom is -0.353 e. The zero-order valence-electron chi connectivity index (χ0n) is 13.2. The molecule has 0 aliphatic carbocycles. The Balaban J connectivity index is 1.46. The first-order valence-electron chi connectivity index (χ1n) is 8.11. The van der Waals surface area contributed by atoms with E-state index < -0.39 is 0 Å². The van der Waals surface area contributed by atoms with Crippen LogP contribution in [0.4, 0.5) is 5.82 Å². The molecule has 3 rings (SSSR count). The number of aryl methyl sites for hydroxylation is 1. The average molecular weight is 314 g/mol. The molecule has 0 bridgehead atoms. The first-order chi connectivity index (χ1) is 11.3. The van der Waals surface area contributed by atoms with Crippen LogP contribution in [-0.2, 0) is 11.3 Å². The quantitative estimate of drug-likeness (QED) is 0.829. The fourth-order valence-electron chi connectivity index (χ4n) is 2.84. The van der Waals surface area contributed by atoms with Crippen LogP contribution in [0, 0.1) is 0 Å². The average Bonchev–Trinajstić information content (AvgIpc) is 2.97. The Morgan fingerprint density at radius 1 is 1.13 bits per heavy atom. The molecule has 7 nitrogen and oxygen atoms in total. The summed E-state index contributed by atoms with van der Waals surface area (Å²) in [5.41, 5.74) is 0. The van der Waals surface area contributed by atoms with Crippen molar-refractivity contribution in [3.05, 3.63) is 36.8 Å². The van der Waals surface area contributed by atoms with E-state index in [2.05, 4.69) is 20.2 Å². The molecule has 0 aromatic carbocycles. The Hall–Kier alpha value is -2.44. The van der Waals surface area contributed by atoms with Crippen LogP contribution in [-0.4, -0.2) is 57.0 Å². The Morgan fingerprint density at radius 3 is 2.87 bits per heavy atom. The van der Waals surface area contributed by atoms with E-state index in [4.69, 9.17) is 0 Å². The largest absolute Gasteiger partial charge is 0.353 e. The van der Waals surface area contributed by atoms with E-state index in [1.54, 1.807) is 12.4 Å². The number of nitrogens with zero attached hydrogens (tertiary/aromatic N) is 6. The van der Waals surface area contributed by atoms with E-state index in [9.17, 15) is 4.79 Å². The molecule has 0 atom stereocenters. The summed E-state index contributed by atoms with van der Waals surface area (Å²) in [5, 5.41) is 12.2. The van der Waals surface area contributed by atoms with Gasteiger partial charge in [0.05, 0.1) is 0 Å². The van der Waals surface area contributed by atoms with Crippen molar-refractivity contribution >= 4 is 11.7 Å². The molecule has 7 heteroatoms. The van der Waals surface area contributed by atoms with Crippen LogP contribution < -0.4 is 4.90 Å². The molecule has 0 spiro atoms. The number of rotatable bonds is 5. The van der Waals surface area contributed by atoms with E-state index in [1.165, 1.54) is 0 Å². The maximum Gasteiger partial charge on any atom is 0.222 e. The molecule has 0 saturated carbocycles. The molecule has 3 heterocycles. The maximum absolute atomic E-state index is 12.4. The lowest BCUT2D eigenvalue weighted by atomic mass is 10.2. The predicted octanol–water partition coefficient (Wildman–Crippen LogP) is 1.19. The third kappa shape index (κ3) is 4.28. The second-order valence-corrected chi connectivity index (χ2v) is 5.68. The second-order valence-electron chi connectivity index (χ2n) is 5.68. The van der Waals surface area contributed by atoms with E-state index in [-0.39, 0.29) is 5.91 Å². The summed E-state index contributed by atoms with van der Waals surface area (Å²) in [4.78, 5) is 16.5. The van der Waals surface area contributed by atoms with Crippen molar-refractivity contribution in [2.24, 2.45) is 0 Å². The van der Waals surface area contributed by atoms with E-state index >= 15 is 0 Å². The van der Waals surface area contributed by atoms with E-state index in [1.807, 2.05) is 34.0 Å². The Bertz CT molecular complexity index is 600. The molecule has 2 aromatic rings. The summed E-state index contributed by atoms with van der Waals surface area (Å²) >= 11 is 0. The summed E-state index contributed by atoms with van der Waals surface area (Å²) in [7, 11) is 0. The van der Waals surface area contributed by atoms with Crippen LogP contribution in [0.5, 0.6) is 0 Å². The smallest absolute Gasteiger partial charge is 0.222 e. The SMILES string of the molecule is O=C(CCCn1cccn1)N1CCCN(c2cccnn2)CC1. The topological polar surface area (TPSA) is 67.2 Å². The lowest BCUT2D eigenvalue weighted by Crippen LogP contribution is -2.35. The van der Waals surface area contributed by atoms with E-state index in [0.29, 0.717) is 6.42 Å². The van der Waals surface area contributed by atoms with Crippen molar-refractivity contribution in [3.8, 4) is 0 Å². The van der Waals surface area contributed by atoms with Gasteiger partial charge < -0.3 is 9.80 Å².